The highest BCUT2D eigenvalue weighted by Gasteiger charge is 2.09. The monoisotopic (exact) mass is 231 g/mol. The van der Waals surface area contributed by atoms with Crippen molar-refractivity contribution in [3.63, 3.8) is 0 Å². The van der Waals surface area contributed by atoms with Crippen LogP contribution in [0, 0.1) is 18.3 Å². The van der Waals surface area contributed by atoms with E-state index in [9.17, 15) is 4.79 Å². The minimum atomic E-state index is -0.287. The normalized spacial score (nSPS) is 9.82. The van der Waals surface area contributed by atoms with Gasteiger partial charge in [0.15, 0.2) is 0 Å². The van der Waals surface area contributed by atoms with Crippen LogP contribution in [0.1, 0.15) is 25.8 Å². The van der Waals surface area contributed by atoms with Crippen molar-refractivity contribution in [3.05, 3.63) is 23.8 Å². The first-order chi connectivity index (χ1) is 8.04. The fourth-order valence-corrected chi connectivity index (χ4v) is 1.52. The zero-order valence-electron chi connectivity index (χ0n) is 10.4. The number of nitrogens with zero attached hydrogens (tertiary/aromatic N) is 1. The van der Waals surface area contributed by atoms with Crippen LogP contribution in [0.3, 0.4) is 0 Å². The number of rotatable bonds is 4. The minimum Gasteiger partial charge on any atom is -0.381 e. The second-order valence-corrected chi connectivity index (χ2v) is 4.18. The Balaban J connectivity index is 2.94. The Bertz CT molecular complexity index is 446. The van der Waals surface area contributed by atoms with Gasteiger partial charge in [-0.1, -0.05) is 12.1 Å². The molecule has 0 unspecified atom stereocenters. The summed E-state index contributed by atoms with van der Waals surface area (Å²) in [6.07, 6.45) is -0.130. The van der Waals surface area contributed by atoms with Crippen molar-refractivity contribution in [2.45, 2.75) is 33.2 Å². The molecule has 0 saturated carbocycles. The van der Waals surface area contributed by atoms with Crippen molar-refractivity contribution in [1.82, 2.24) is 0 Å². The van der Waals surface area contributed by atoms with Gasteiger partial charge >= 0.3 is 0 Å². The van der Waals surface area contributed by atoms with Crippen LogP contribution in [0.5, 0.6) is 0 Å². The van der Waals surface area contributed by atoms with Crippen molar-refractivity contribution < 1.29 is 4.79 Å². The molecule has 17 heavy (non-hydrogen) atoms. The maximum Gasteiger partial charge on any atom is 0.238 e. The second kappa shape index (κ2) is 5.90. The first-order valence-electron chi connectivity index (χ1n) is 5.57. The molecule has 0 bridgehead atoms. The quantitative estimate of drug-likeness (QED) is 0.837. The Kier molecular flexibility index (Phi) is 4.53. The van der Waals surface area contributed by atoms with Gasteiger partial charge in [0.1, 0.15) is 6.42 Å². The molecule has 0 heterocycles. The summed E-state index contributed by atoms with van der Waals surface area (Å²) in [5.41, 5.74) is 2.70. The molecule has 0 radical (unpaired) electrons. The van der Waals surface area contributed by atoms with Gasteiger partial charge in [-0.2, -0.15) is 5.26 Å². The van der Waals surface area contributed by atoms with Gasteiger partial charge in [0.05, 0.1) is 17.4 Å². The lowest BCUT2D eigenvalue weighted by molar-refractivity contribution is -0.115. The van der Waals surface area contributed by atoms with Crippen molar-refractivity contribution in [2.24, 2.45) is 0 Å². The topological polar surface area (TPSA) is 64.9 Å². The molecule has 0 fully saturated rings. The molecule has 0 aliphatic carbocycles. The second-order valence-electron chi connectivity index (χ2n) is 4.18. The number of carbonyl (C=O) groups excluding carboxylic acids is 1. The summed E-state index contributed by atoms with van der Waals surface area (Å²) in [4.78, 5) is 11.4. The number of hydrogen-bond donors (Lipinski definition) is 2. The van der Waals surface area contributed by atoms with Crippen LogP contribution in [-0.2, 0) is 4.79 Å². The van der Waals surface area contributed by atoms with Gasteiger partial charge in [0, 0.05) is 6.04 Å². The number of hydrogen-bond acceptors (Lipinski definition) is 3. The summed E-state index contributed by atoms with van der Waals surface area (Å²) in [5.74, 6) is -0.287. The van der Waals surface area contributed by atoms with Gasteiger partial charge in [0.25, 0.3) is 0 Å². The Hall–Kier alpha value is -2.02. The fraction of sp³-hybridized carbons (Fsp3) is 0.385. The number of para-hydroxylation sites is 1. The van der Waals surface area contributed by atoms with E-state index in [-0.39, 0.29) is 18.4 Å². The number of nitriles is 1. The average Bonchev–Trinajstić information content (AvgIpc) is 2.23. The largest absolute Gasteiger partial charge is 0.381 e. The summed E-state index contributed by atoms with van der Waals surface area (Å²) >= 11 is 0. The molecule has 0 saturated heterocycles. The highest BCUT2D eigenvalue weighted by molar-refractivity contribution is 5.95. The van der Waals surface area contributed by atoms with Gasteiger partial charge in [0.2, 0.25) is 5.91 Å². The molecule has 0 aliphatic heterocycles. The smallest absolute Gasteiger partial charge is 0.238 e. The third-order valence-electron chi connectivity index (χ3n) is 2.22. The maximum atomic E-state index is 11.4. The molecular formula is C13H17N3O. The molecular weight excluding hydrogens is 214 g/mol. The molecule has 1 aromatic carbocycles. The van der Waals surface area contributed by atoms with Gasteiger partial charge in [-0.25, -0.2) is 0 Å². The van der Waals surface area contributed by atoms with Crippen LogP contribution in [0.4, 0.5) is 11.4 Å². The van der Waals surface area contributed by atoms with E-state index >= 15 is 0 Å². The molecule has 4 heteroatoms. The van der Waals surface area contributed by atoms with E-state index < -0.39 is 0 Å². The Morgan fingerprint density at radius 2 is 2.18 bits per heavy atom. The van der Waals surface area contributed by atoms with Crippen molar-refractivity contribution in [3.8, 4) is 6.07 Å². The summed E-state index contributed by atoms with van der Waals surface area (Å²) in [6, 6.07) is 7.79. The van der Waals surface area contributed by atoms with Crippen LogP contribution in [0.2, 0.25) is 0 Å². The molecule has 1 amide bonds. The molecule has 0 aliphatic rings. The van der Waals surface area contributed by atoms with E-state index in [1.165, 1.54) is 0 Å². The van der Waals surface area contributed by atoms with E-state index in [1.54, 1.807) is 0 Å². The van der Waals surface area contributed by atoms with E-state index in [0.29, 0.717) is 0 Å². The SMILES string of the molecule is Cc1cccc(NC(=O)CC#N)c1NC(C)C. The Morgan fingerprint density at radius 3 is 2.76 bits per heavy atom. The lowest BCUT2D eigenvalue weighted by Gasteiger charge is -2.17. The first-order valence-corrected chi connectivity index (χ1v) is 5.57. The lowest BCUT2D eigenvalue weighted by atomic mass is 10.1. The Morgan fingerprint density at radius 1 is 1.47 bits per heavy atom. The van der Waals surface area contributed by atoms with Crippen molar-refractivity contribution in [2.75, 3.05) is 10.6 Å². The summed E-state index contributed by atoms with van der Waals surface area (Å²) in [6.45, 7) is 6.05. The molecule has 4 nitrogen and oxygen atoms in total. The summed E-state index contributed by atoms with van der Waals surface area (Å²) in [5, 5.41) is 14.5. The summed E-state index contributed by atoms with van der Waals surface area (Å²) < 4.78 is 0. The minimum absolute atomic E-state index is 0.130. The molecule has 1 aromatic rings. The van der Waals surface area contributed by atoms with Crippen LogP contribution in [0.15, 0.2) is 18.2 Å². The highest BCUT2D eigenvalue weighted by atomic mass is 16.1. The number of nitrogens with one attached hydrogen (secondary N) is 2. The summed E-state index contributed by atoms with van der Waals surface area (Å²) in [7, 11) is 0. The molecule has 90 valence electrons. The van der Waals surface area contributed by atoms with Gasteiger partial charge < -0.3 is 10.6 Å². The van der Waals surface area contributed by atoms with Crippen LogP contribution >= 0.6 is 0 Å². The fourth-order valence-electron chi connectivity index (χ4n) is 1.52. The molecule has 0 aromatic heterocycles. The number of aryl methyl sites for hydroxylation is 1. The van der Waals surface area contributed by atoms with Gasteiger partial charge in [-0.05, 0) is 32.4 Å². The zero-order valence-corrected chi connectivity index (χ0v) is 10.4. The number of carbonyl (C=O) groups is 1. The van der Waals surface area contributed by atoms with E-state index in [0.717, 1.165) is 16.9 Å². The highest BCUT2D eigenvalue weighted by Crippen LogP contribution is 2.26. The average molecular weight is 231 g/mol. The third-order valence-corrected chi connectivity index (χ3v) is 2.22. The van der Waals surface area contributed by atoms with Crippen LogP contribution in [-0.4, -0.2) is 11.9 Å². The van der Waals surface area contributed by atoms with E-state index in [4.69, 9.17) is 5.26 Å². The number of amides is 1. The lowest BCUT2D eigenvalue weighted by Crippen LogP contribution is -2.16. The predicted molar refractivity (Wildman–Crippen MR) is 68.8 cm³/mol. The van der Waals surface area contributed by atoms with Crippen molar-refractivity contribution in [1.29, 1.82) is 5.26 Å². The molecule has 1 rings (SSSR count). The molecule has 2 N–H and O–H groups in total. The number of anilines is 2. The maximum absolute atomic E-state index is 11.4. The van der Waals surface area contributed by atoms with E-state index in [2.05, 4.69) is 10.6 Å². The van der Waals surface area contributed by atoms with Crippen LogP contribution < -0.4 is 10.6 Å². The Labute approximate surface area is 102 Å². The van der Waals surface area contributed by atoms with Crippen molar-refractivity contribution >= 4 is 17.3 Å². The third kappa shape index (κ3) is 3.80. The van der Waals surface area contributed by atoms with Gasteiger partial charge in [-0.3, -0.25) is 4.79 Å². The van der Waals surface area contributed by atoms with Crippen LogP contribution in [0.25, 0.3) is 0 Å². The standard InChI is InChI=1S/C13H17N3O/c1-9(2)15-13-10(3)5-4-6-11(13)16-12(17)7-8-14/h4-6,9,15H,7H2,1-3H3,(H,16,17). The van der Waals surface area contributed by atoms with E-state index in [1.807, 2.05) is 45.0 Å². The predicted octanol–water partition coefficient (Wildman–Crippen LogP) is 2.67. The van der Waals surface area contributed by atoms with Gasteiger partial charge in [-0.15, -0.1) is 0 Å². The molecule has 0 atom stereocenters. The molecule has 0 spiro atoms. The number of benzene rings is 1. The first kappa shape index (κ1) is 13.0. The zero-order chi connectivity index (χ0) is 12.8.